The Morgan fingerprint density at radius 2 is 2.00 bits per heavy atom. The number of likely N-dealkylation sites (tertiary alicyclic amines) is 1. The number of carbonyl (C=O) groups excluding carboxylic acids is 2. The summed E-state index contributed by atoms with van der Waals surface area (Å²) in [5.41, 5.74) is 10.6. The van der Waals surface area contributed by atoms with Crippen LogP contribution in [0.2, 0.25) is 0 Å². The van der Waals surface area contributed by atoms with Crippen molar-refractivity contribution in [2.24, 2.45) is 18.7 Å². The van der Waals surface area contributed by atoms with Crippen LogP contribution in [0.3, 0.4) is 0 Å². The van der Waals surface area contributed by atoms with Gasteiger partial charge in [-0.3, -0.25) is 9.59 Å². The number of piperidine rings is 1. The second-order valence-electron chi connectivity index (χ2n) is 11.8. The van der Waals surface area contributed by atoms with Crippen LogP contribution in [0.15, 0.2) is 54.7 Å². The van der Waals surface area contributed by atoms with Gasteiger partial charge in [0.15, 0.2) is 5.82 Å². The highest BCUT2D eigenvalue weighted by Gasteiger charge is 2.30. The molecule has 4 aromatic rings. The first-order valence-corrected chi connectivity index (χ1v) is 14.3. The molecule has 2 atom stereocenters. The van der Waals surface area contributed by atoms with E-state index in [2.05, 4.69) is 31.6 Å². The van der Waals surface area contributed by atoms with Crippen LogP contribution in [0.1, 0.15) is 29.6 Å². The fourth-order valence-corrected chi connectivity index (χ4v) is 5.79. The summed E-state index contributed by atoms with van der Waals surface area (Å²) in [6.07, 6.45) is 8.32. The number of likely N-dealkylation sites (N-methyl/N-ethyl adjacent to an activating group) is 1. The Bertz CT molecular complexity index is 1630. The second kappa shape index (κ2) is 11.1. The molecule has 1 aliphatic heterocycles. The smallest absolute Gasteiger partial charge is 0.254 e. The maximum Gasteiger partial charge on any atom is 0.254 e. The molecular weight excluding hydrogens is 516 g/mol. The number of amides is 2. The van der Waals surface area contributed by atoms with Crippen LogP contribution in [0.25, 0.3) is 33.6 Å². The third kappa shape index (κ3) is 5.75. The van der Waals surface area contributed by atoms with E-state index in [0.717, 1.165) is 40.1 Å². The molecule has 0 radical (unpaired) electrons. The molecule has 4 heterocycles. The van der Waals surface area contributed by atoms with Crippen molar-refractivity contribution in [3.8, 4) is 11.5 Å². The van der Waals surface area contributed by atoms with Gasteiger partial charge >= 0.3 is 0 Å². The summed E-state index contributed by atoms with van der Waals surface area (Å²) in [4.78, 5) is 39.4. The number of nitrogens with zero attached hydrogens (tertiary/aromatic N) is 6. The number of hydrogen-bond acceptors (Lipinski definition) is 6. The zero-order valence-corrected chi connectivity index (χ0v) is 24.0. The quantitative estimate of drug-likeness (QED) is 0.324. The Kier molecular flexibility index (Phi) is 7.35. The number of pyridine rings is 1. The zero-order chi connectivity index (χ0) is 28.7. The molecule has 41 heavy (non-hydrogen) atoms. The molecule has 1 aromatic carbocycles. The molecule has 0 bridgehead atoms. The van der Waals surface area contributed by atoms with Crippen molar-refractivity contribution in [2.75, 3.05) is 33.7 Å². The molecule has 2 fully saturated rings. The molecule has 1 aliphatic carbocycles. The highest BCUT2D eigenvalue weighted by molar-refractivity contribution is 5.98. The van der Waals surface area contributed by atoms with Crippen molar-refractivity contribution in [1.82, 2.24) is 34.2 Å². The lowest BCUT2D eigenvalue weighted by Gasteiger charge is -2.36. The van der Waals surface area contributed by atoms with E-state index in [9.17, 15) is 9.59 Å². The number of carbonyl (C=O) groups is 2. The number of imidazole rings is 1. The van der Waals surface area contributed by atoms with Crippen molar-refractivity contribution in [1.29, 1.82) is 0 Å². The maximum absolute atomic E-state index is 13.6. The standard InChI is InChI=1S/C31H38N8O2/c1-36(2)13-5-7-28(40)34-24-16-23(32)18-38(19-24)31(41)22-10-11-26-25(14-22)35-30(37(26)3)27-15-21-6-4-12-33-29(21)39(27)17-20-8-9-20/h4-7,10-12,14-15,20,23-24H,8-9,13,16-19,32H2,1-3H3,(H,34,40)/b7-5-/t23-,24+/m0/s1. The molecule has 3 N–H and O–H groups in total. The topological polar surface area (TPSA) is 114 Å². The van der Waals surface area contributed by atoms with Crippen LogP contribution in [-0.2, 0) is 18.4 Å². The summed E-state index contributed by atoms with van der Waals surface area (Å²) in [5, 5.41) is 4.11. The Balaban J connectivity index is 1.24. The number of nitrogens with one attached hydrogen (secondary N) is 1. The van der Waals surface area contributed by atoms with E-state index in [1.165, 1.54) is 12.8 Å². The van der Waals surface area contributed by atoms with Gasteiger partial charge in [-0.25, -0.2) is 9.97 Å². The molecule has 10 nitrogen and oxygen atoms in total. The van der Waals surface area contributed by atoms with E-state index < -0.39 is 0 Å². The van der Waals surface area contributed by atoms with Gasteiger partial charge in [0.2, 0.25) is 5.91 Å². The third-order valence-electron chi connectivity index (χ3n) is 8.01. The normalized spacial score (nSPS) is 19.6. The summed E-state index contributed by atoms with van der Waals surface area (Å²) >= 11 is 0. The first kappa shape index (κ1) is 27.2. The molecular formula is C31H38N8O2. The largest absolute Gasteiger partial charge is 0.348 e. The first-order valence-electron chi connectivity index (χ1n) is 14.3. The van der Waals surface area contributed by atoms with E-state index in [1.807, 2.05) is 62.6 Å². The van der Waals surface area contributed by atoms with E-state index in [4.69, 9.17) is 10.7 Å². The fraction of sp³-hybridized carbons (Fsp3) is 0.419. The minimum Gasteiger partial charge on any atom is -0.348 e. The van der Waals surface area contributed by atoms with Crippen molar-refractivity contribution >= 4 is 33.9 Å². The lowest BCUT2D eigenvalue weighted by atomic mass is 10.00. The average Bonchev–Trinajstić information content (AvgIpc) is 3.61. The minimum atomic E-state index is -0.212. The van der Waals surface area contributed by atoms with E-state index in [-0.39, 0.29) is 23.9 Å². The summed E-state index contributed by atoms with van der Waals surface area (Å²) in [5.74, 6) is 1.26. The Hall–Kier alpha value is -4.02. The van der Waals surface area contributed by atoms with E-state index in [0.29, 0.717) is 37.5 Å². The van der Waals surface area contributed by atoms with Crippen LogP contribution in [0.4, 0.5) is 0 Å². The Morgan fingerprint density at radius 3 is 2.78 bits per heavy atom. The SMILES string of the molecule is CN(C)C/C=C\C(=O)N[C@@H]1C[C@H](N)CN(C(=O)c2ccc3c(c2)nc(-c2cc4cccnc4n2CC2CC2)n3C)C1. The lowest BCUT2D eigenvalue weighted by molar-refractivity contribution is -0.117. The van der Waals surface area contributed by atoms with Gasteiger partial charge in [0, 0.05) is 68.5 Å². The number of fused-ring (bicyclic) bond motifs is 2. The number of rotatable bonds is 8. The second-order valence-corrected chi connectivity index (χ2v) is 11.8. The van der Waals surface area contributed by atoms with Gasteiger partial charge in [-0.1, -0.05) is 6.08 Å². The Labute approximate surface area is 239 Å². The van der Waals surface area contributed by atoms with Gasteiger partial charge in [0.05, 0.1) is 16.7 Å². The number of aryl methyl sites for hydroxylation is 1. The fourth-order valence-electron chi connectivity index (χ4n) is 5.79. The molecule has 0 unspecified atom stereocenters. The third-order valence-corrected chi connectivity index (χ3v) is 8.01. The van der Waals surface area contributed by atoms with Gasteiger partial charge in [0.25, 0.3) is 5.91 Å². The predicted octanol–water partition coefficient (Wildman–Crippen LogP) is 2.78. The Morgan fingerprint density at radius 1 is 1.17 bits per heavy atom. The van der Waals surface area contributed by atoms with Crippen molar-refractivity contribution < 1.29 is 9.59 Å². The summed E-state index contributed by atoms with van der Waals surface area (Å²) in [6.45, 7) is 2.47. The highest BCUT2D eigenvalue weighted by Crippen LogP contribution is 2.36. The molecule has 0 spiro atoms. The van der Waals surface area contributed by atoms with Gasteiger partial charge in [-0.2, -0.15) is 0 Å². The van der Waals surface area contributed by atoms with Gasteiger partial charge in [-0.15, -0.1) is 0 Å². The molecule has 6 rings (SSSR count). The molecule has 1 saturated carbocycles. The van der Waals surface area contributed by atoms with Crippen LogP contribution in [0.5, 0.6) is 0 Å². The van der Waals surface area contributed by atoms with E-state index >= 15 is 0 Å². The summed E-state index contributed by atoms with van der Waals surface area (Å²) in [7, 11) is 5.91. The minimum absolute atomic E-state index is 0.108. The monoisotopic (exact) mass is 554 g/mol. The van der Waals surface area contributed by atoms with Gasteiger partial charge in [-0.05, 0) is 75.7 Å². The molecule has 1 saturated heterocycles. The summed E-state index contributed by atoms with van der Waals surface area (Å²) in [6, 6.07) is 11.5. The number of hydrogen-bond donors (Lipinski definition) is 2. The molecule has 2 amide bonds. The van der Waals surface area contributed by atoms with E-state index in [1.54, 1.807) is 11.0 Å². The predicted molar refractivity (Wildman–Crippen MR) is 160 cm³/mol. The van der Waals surface area contributed by atoms with Crippen LogP contribution in [0, 0.1) is 5.92 Å². The average molecular weight is 555 g/mol. The van der Waals surface area contributed by atoms with Crippen molar-refractivity contribution in [3.05, 3.63) is 60.3 Å². The lowest BCUT2D eigenvalue weighted by Crippen LogP contribution is -2.56. The molecule has 2 aliphatic rings. The first-order chi connectivity index (χ1) is 19.8. The van der Waals surface area contributed by atoms with Gasteiger partial charge < -0.3 is 30.0 Å². The molecule has 214 valence electrons. The van der Waals surface area contributed by atoms with Crippen LogP contribution >= 0.6 is 0 Å². The highest BCUT2D eigenvalue weighted by atomic mass is 16.2. The van der Waals surface area contributed by atoms with Crippen LogP contribution < -0.4 is 11.1 Å². The summed E-state index contributed by atoms with van der Waals surface area (Å²) < 4.78 is 4.38. The molecule has 10 heteroatoms. The zero-order valence-electron chi connectivity index (χ0n) is 24.0. The molecule has 3 aromatic heterocycles. The van der Waals surface area contributed by atoms with Crippen LogP contribution in [-0.4, -0.2) is 86.5 Å². The number of nitrogens with two attached hydrogens (primary N) is 1. The van der Waals surface area contributed by atoms with Crippen molar-refractivity contribution in [2.45, 2.75) is 37.9 Å². The maximum atomic E-state index is 13.6. The van der Waals surface area contributed by atoms with Gasteiger partial charge in [0.1, 0.15) is 5.65 Å². The number of benzene rings is 1. The van der Waals surface area contributed by atoms with Crippen molar-refractivity contribution in [3.63, 3.8) is 0 Å². The number of aromatic nitrogens is 4.